The number of carbonyl (C=O) groups is 1. The van der Waals surface area contributed by atoms with E-state index in [0.717, 1.165) is 38.8 Å². The maximum atomic E-state index is 11.9. The van der Waals surface area contributed by atoms with Gasteiger partial charge in [0.05, 0.1) is 5.41 Å². The van der Waals surface area contributed by atoms with E-state index in [-0.39, 0.29) is 0 Å². The molecular formula is C16H29NO2. The molecule has 0 atom stereocenters. The Balaban J connectivity index is 2.07. The summed E-state index contributed by atoms with van der Waals surface area (Å²) in [5.74, 6) is -0.550. The van der Waals surface area contributed by atoms with Gasteiger partial charge in [0, 0.05) is 12.6 Å². The normalized spacial score (nSPS) is 24.5. The number of carboxylic acid groups (broad SMARTS) is 1. The van der Waals surface area contributed by atoms with Crippen molar-refractivity contribution in [2.45, 2.75) is 77.2 Å². The highest BCUT2D eigenvalue weighted by atomic mass is 16.4. The molecule has 0 saturated heterocycles. The largest absolute Gasteiger partial charge is 0.481 e. The van der Waals surface area contributed by atoms with E-state index in [1.54, 1.807) is 0 Å². The van der Waals surface area contributed by atoms with Crippen molar-refractivity contribution >= 4 is 5.97 Å². The predicted molar refractivity (Wildman–Crippen MR) is 77.3 cm³/mol. The van der Waals surface area contributed by atoms with Crippen molar-refractivity contribution in [2.75, 3.05) is 13.1 Å². The maximum absolute atomic E-state index is 11.9. The fourth-order valence-electron chi connectivity index (χ4n) is 4.00. The Morgan fingerprint density at radius 3 is 2.16 bits per heavy atom. The quantitative estimate of drug-likeness (QED) is 0.773. The zero-order valence-electron chi connectivity index (χ0n) is 12.4. The molecule has 3 heteroatoms. The van der Waals surface area contributed by atoms with Crippen molar-refractivity contribution in [1.29, 1.82) is 0 Å². The van der Waals surface area contributed by atoms with Gasteiger partial charge in [-0.05, 0) is 32.2 Å². The number of hydrogen-bond acceptors (Lipinski definition) is 2. The van der Waals surface area contributed by atoms with Gasteiger partial charge in [0.25, 0.3) is 0 Å². The average molecular weight is 267 g/mol. The summed E-state index contributed by atoms with van der Waals surface area (Å²) in [5.41, 5.74) is -0.463. The second kappa shape index (κ2) is 6.74. The molecule has 0 spiro atoms. The molecule has 19 heavy (non-hydrogen) atoms. The lowest BCUT2D eigenvalue weighted by atomic mass is 9.79. The van der Waals surface area contributed by atoms with Crippen LogP contribution in [-0.4, -0.2) is 35.1 Å². The van der Waals surface area contributed by atoms with Gasteiger partial charge in [-0.3, -0.25) is 9.69 Å². The zero-order valence-corrected chi connectivity index (χ0v) is 12.4. The lowest BCUT2D eigenvalue weighted by Gasteiger charge is -2.37. The van der Waals surface area contributed by atoms with E-state index < -0.39 is 11.4 Å². The topological polar surface area (TPSA) is 40.5 Å². The molecule has 2 aliphatic carbocycles. The lowest BCUT2D eigenvalue weighted by Crippen LogP contribution is -2.46. The van der Waals surface area contributed by atoms with Crippen LogP contribution in [0.1, 0.15) is 71.1 Å². The molecule has 0 bridgehead atoms. The number of rotatable bonds is 5. The van der Waals surface area contributed by atoms with Crippen molar-refractivity contribution < 1.29 is 9.90 Å². The zero-order chi connectivity index (χ0) is 13.7. The number of aliphatic carboxylic acids is 1. The fraction of sp³-hybridized carbons (Fsp3) is 0.938. The van der Waals surface area contributed by atoms with Crippen molar-refractivity contribution in [2.24, 2.45) is 5.41 Å². The molecule has 0 aliphatic heterocycles. The Morgan fingerprint density at radius 1 is 1.11 bits per heavy atom. The van der Waals surface area contributed by atoms with Crippen LogP contribution in [-0.2, 0) is 4.79 Å². The van der Waals surface area contributed by atoms with Crippen molar-refractivity contribution in [1.82, 2.24) is 4.90 Å². The first kappa shape index (κ1) is 14.8. The van der Waals surface area contributed by atoms with Gasteiger partial charge in [-0.15, -0.1) is 0 Å². The minimum Gasteiger partial charge on any atom is -0.481 e. The number of carboxylic acids is 1. The summed E-state index contributed by atoms with van der Waals surface area (Å²) in [7, 11) is 0. The SMILES string of the molecule is CCN(CC1(C(=O)O)CCCCCC1)C1CCCC1. The standard InChI is InChI=1S/C16H29NO2/c1-2-17(14-9-5-6-10-14)13-16(15(18)19)11-7-3-4-8-12-16/h14H,2-13H2,1H3,(H,18,19). The van der Waals surface area contributed by atoms with Crippen molar-refractivity contribution in [3.63, 3.8) is 0 Å². The van der Waals surface area contributed by atoms with Gasteiger partial charge in [-0.25, -0.2) is 0 Å². The predicted octanol–water partition coefficient (Wildman–Crippen LogP) is 3.68. The van der Waals surface area contributed by atoms with E-state index in [1.165, 1.54) is 38.5 Å². The molecule has 0 aromatic carbocycles. The van der Waals surface area contributed by atoms with Gasteiger partial charge in [-0.1, -0.05) is 45.4 Å². The Hall–Kier alpha value is -0.570. The van der Waals surface area contributed by atoms with E-state index in [2.05, 4.69) is 11.8 Å². The van der Waals surface area contributed by atoms with E-state index in [4.69, 9.17) is 0 Å². The van der Waals surface area contributed by atoms with Gasteiger partial charge in [0.1, 0.15) is 0 Å². The first-order valence-electron chi connectivity index (χ1n) is 8.15. The summed E-state index contributed by atoms with van der Waals surface area (Å²) in [6.45, 7) is 3.97. The third kappa shape index (κ3) is 3.50. The fourth-order valence-corrected chi connectivity index (χ4v) is 4.00. The van der Waals surface area contributed by atoms with Crippen LogP contribution in [0.15, 0.2) is 0 Å². The van der Waals surface area contributed by atoms with Crippen LogP contribution in [0.4, 0.5) is 0 Å². The Labute approximate surface area is 117 Å². The van der Waals surface area contributed by atoms with Gasteiger partial charge >= 0.3 is 5.97 Å². The molecule has 2 saturated carbocycles. The molecule has 0 heterocycles. The summed E-state index contributed by atoms with van der Waals surface area (Å²) in [5, 5.41) is 9.77. The molecular weight excluding hydrogens is 238 g/mol. The molecule has 2 rings (SSSR count). The van der Waals surface area contributed by atoms with Crippen LogP contribution >= 0.6 is 0 Å². The van der Waals surface area contributed by atoms with Crippen LogP contribution in [0.3, 0.4) is 0 Å². The van der Waals surface area contributed by atoms with Crippen LogP contribution in [0, 0.1) is 5.41 Å². The highest BCUT2D eigenvalue weighted by Crippen LogP contribution is 2.37. The van der Waals surface area contributed by atoms with E-state index in [1.807, 2.05) is 0 Å². The third-order valence-corrected chi connectivity index (χ3v) is 5.27. The minimum atomic E-state index is -0.550. The second-order valence-electron chi connectivity index (χ2n) is 6.50. The molecule has 0 aromatic rings. The number of hydrogen-bond donors (Lipinski definition) is 1. The van der Waals surface area contributed by atoms with E-state index in [9.17, 15) is 9.90 Å². The molecule has 0 radical (unpaired) electrons. The molecule has 0 aromatic heterocycles. The molecule has 1 N–H and O–H groups in total. The van der Waals surface area contributed by atoms with Crippen molar-refractivity contribution in [3.8, 4) is 0 Å². The first-order valence-corrected chi connectivity index (χ1v) is 8.15. The summed E-state index contributed by atoms with van der Waals surface area (Å²) >= 11 is 0. The molecule has 110 valence electrons. The van der Waals surface area contributed by atoms with Crippen LogP contribution in [0.5, 0.6) is 0 Å². The van der Waals surface area contributed by atoms with Crippen LogP contribution < -0.4 is 0 Å². The Bertz CT molecular complexity index is 289. The van der Waals surface area contributed by atoms with Gasteiger partial charge in [-0.2, -0.15) is 0 Å². The smallest absolute Gasteiger partial charge is 0.310 e. The minimum absolute atomic E-state index is 0.463. The van der Waals surface area contributed by atoms with Crippen LogP contribution in [0.25, 0.3) is 0 Å². The maximum Gasteiger partial charge on any atom is 0.310 e. The van der Waals surface area contributed by atoms with Crippen molar-refractivity contribution in [3.05, 3.63) is 0 Å². The number of nitrogens with zero attached hydrogens (tertiary/aromatic N) is 1. The Morgan fingerprint density at radius 2 is 1.68 bits per heavy atom. The molecule has 2 fully saturated rings. The van der Waals surface area contributed by atoms with Gasteiger partial charge < -0.3 is 5.11 Å². The monoisotopic (exact) mass is 267 g/mol. The highest BCUT2D eigenvalue weighted by molar-refractivity contribution is 5.75. The second-order valence-corrected chi connectivity index (χ2v) is 6.50. The van der Waals surface area contributed by atoms with Crippen LogP contribution in [0.2, 0.25) is 0 Å². The summed E-state index contributed by atoms with van der Waals surface area (Å²) in [6.07, 6.45) is 11.5. The lowest BCUT2D eigenvalue weighted by molar-refractivity contribution is -0.151. The summed E-state index contributed by atoms with van der Waals surface area (Å²) in [4.78, 5) is 14.3. The summed E-state index contributed by atoms with van der Waals surface area (Å²) < 4.78 is 0. The molecule has 3 nitrogen and oxygen atoms in total. The molecule has 0 unspecified atom stereocenters. The molecule has 0 amide bonds. The van der Waals surface area contributed by atoms with E-state index in [0.29, 0.717) is 6.04 Å². The highest BCUT2D eigenvalue weighted by Gasteiger charge is 2.41. The molecule has 2 aliphatic rings. The Kier molecular flexibility index (Phi) is 5.26. The third-order valence-electron chi connectivity index (χ3n) is 5.27. The summed E-state index contributed by atoms with van der Waals surface area (Å²) in [6, 6.07) is 0.643. The average Bonchev–Trinajstić information content (AvgIpc) is 2.82. The first-order chi connectivity index (χ1) is 9.18. The van der Waals surface area contributed by atoms with Gasteiger partial charge in [0.2, 0.25) is 0 Å². The van der Waals surface area contributed by atoms with E-state index >= 15 is 0 Å². The van der Waals surface area contributed by atoms with Gasteiger partial charge in [0.15, 0.2) is 0 Å².